The zero-order valence-electron chi connectivity index (χ0n) is 10.5. The second kappa shape index (κ2) is 4.16. The van der Waals surface area contributed by atoms with E-state index in [1.54, 1.807) is 0 Å². The van der Waals surface area contributed by atoms with Gasteiger partial charge in [0.1, 0.15) is 6.10 Å². The number of anilines is 1. The molecule has 1 aromatic heterocycles. The molecule has 1 saturated heterocycles. The summed E-state index contributed by atoms with van der Waals surface area (Å²) in [6.45, 7) is 1.33. The molecular weight excluding hydrogens is 246 g/mol. The van der Waals surface area contributed by atoms with Gasteiger partial charge in [-0.25, -0.2) is 9.97 Å². The third-order valence-corrected chi connectivity index (χ3v) is 4.18. The molecule has 0 radical (unpaired) electrons. The van der Waals surface area contributed by atoms with Gasteiger partial charge in [0.05, 0.1) is 25.3 Å². The number of rotatable bonds is 2. The van der Waals surface area contributed by atoms with Crippen LogP contribution in [0.1, 0.15) is 24.1 Å². The third-order valence-electron chi connectivity index (χ3n) is 4.18. The standard InChI is InChI=1S/C13H15N3O3/c17-12-3-8-10(4-11(8)19-12)16-13-14-5-7-6-18-2-1-9(7)15-13/h5,8,10-11H,1-4,6H2,(H,14,15,16)/t8-,10+,11+/m1/s1. The lowest BCUT2D eigenvalue weighted by atomic mass is 9.76. The van der Waals surface area contributed by atoms with Crippen molar-refractivity contribution < 1.29 is 14.3 Å². The van der Waals surface area contributed by atoms with Gasteiger partial charge in [-0.15, -0.1) is 0 Å². The van der Waals surface area contributed by atoms with Gasteiger partial charge in [-0.05, 0) is 0 Å². The van der Waals surface area contributed by atoms with Crippen molar-refractivity contribution in [3.8, 4) is 0 Å². The number of carbonyl (C=O) groups is 1. The minimum Gasteiger partial charge on any atom is -0.462 e. The molecule has 2 fully saturated rings. The van der Waals surface area contributed by atoms with Crippen LogP contribution < -0.4 is 5.32 Å². The fraction of sp³-hybridized carbons (Fsp3) is 0.615. The summed E-state index contributed by atoms with van der Waals surface area (Å²) in [5.41, 5.74) is 2.14. The van der Waals surface area contributed by atoms with Crippen molar-refractivity contribution in [3.63, 3.8) is 0 Å². The molecular formula is C13H15N3O3. The van der Waals surface area contributed by atoms with E-state index < -0.39 is 0 Å². The number of nitrogens with zero attached hydrogens (tertiary/aromatic N) is 2. The first kappa shape index (κ1) is 11.2. The van der Waals surface area contributed by atoms with Crippen LogP contribution in [-0.2, 0) is 27.3 Å². The Hall–Kier alpha value is -1.69. The van der Waals surface area contributed by atoms with E-state index >= 15 is 0 Å². The van der Waals surface area contributed by atoms with Crippen LogP contribution in [-0.4, -0.2) is 34.7 Å². The average molecular weight is 261 g/mol. The van der Waals surface area contributed by atoms with Crippen LogP contribution in [0.2, 0.25) is 0 Å². The van der Waals surface area contributed by atoms with Crippen molar-refractivity contribution in [2.24, 2.45) is 5.92 Å². The number of carbonyl (C=O) groups excluding carboxylic acids is 1. The molecule has 2 aliphatic heterocycles. The Labute approximate surface area is 110 Å². The van der Waals surface area contributed by atoms with E-state index in [9.17, 15) is 4.79 Å². The largest absolute Gasteiger partial charge is 0.462 e. The Morgan fingerprint density at radius 1 is 1.42 bits per heavy atom. The van der Waals surface area contributed by atoms with Crippen LogP contribution in [0, 0.1) is 5.92 Å². The van der Waals surface area contributed by atoms with Crippen molar-refractivity contribution in [3.05, 3.63) is 17.5 Å². The maximum absolute atomic E-state index is 11.2. The number of ether oxygens (including phenoxy) is 2. The van der Waals surface area contributed by atoms with E-state index in [0.29, 0.717) is 19.0 Å². The fourth-order valence-electron chi connectivity index (χ4n) is 3.01. The van der Waals surface area contributed by atoms with Crippen LogP contribution in [0.5, 0.6) is 0 Å². The molecule has 1 aromatic rings. The smallest absolute Gasteiger partial charge is 0.306 e. The van der Waals surface area contributed by atoms with Gasteiger partial charge >= 0.3 is 5.97 Å². The Kier molecular flexibility index (Phi) is 2.44. The van der Waals surface area contributed by atoms with Gasteiger partial charge in [0, 0.05) is 36.6 Å². The molecule has 6 heteroatoms. The number of nitrogens with one attached hydrogen (secondary N) is 1. The van der Waals surface area contributed by atoms with E-state index in [1.807, 2.05) is 6.20 Å². The SMILES string of the molecule is O=C1C[C@@H]2[C@@H](Nc3ncc4c(n3)CCOC4)C[C@@H]2O1. The van der Waals surface area contributed by atoms with E-state index in [2.05, 4.69) is 15.3 Å². The predicted octanol–water partition coefficient (Wildman–Crippen LogP) is 0.665. The van der Waals surface area contributed by atoms with Gasteiger partial charge < -0.3 is 14.8 Å². The average Bonchev–Trinajstić information content (AvgIpc) is 2.72. The van der Waals surface area contributed by atoms with Crippen molar-refractivity contribution in [2.45, 2.75) is 38.0 Å². The van der Waals surface area contributed by atoms with Gasteiger partial charge in [0.2, 0.25) is 5.95 Å². The molecule has 100 valence electrons. The number of esters is 1. The van der Waals surface area contributed by atoms with Crippen LogP contribution in [0.3, 0.4) is 0 Å². The summed E-state index contributed by atoms with van der Waals surface area (Å²) in [7, 11) is 0. The van der Waals surface area contributed by atoms with Gasteiger partial charge in [-0.1, -0.05) is 0 Å². The molecule has 0 spiro atoms. The molecule has 3 heterocycles. The van der Waals surface area contributed by atoms with E-state index in [-0.39, 0.29) is 24.0 Å². The molecule has 4 rings (SSSR count). The molecule has 1 N–H and O–H groups in total. The summed E-state index contributed by atoms with van der Waals surface area (Å²) in [6, 6.07) is 0.259. The summed E-state index contributed by atoms with van der Waals surface area (Å²) in [5, 5.41) is 3.33. The molecule has 1 aliphatic carbocycles. The Morgan fingerprint density at radius 2 is 2.37 bits per heavy atom. The van der Waals surface area contributed by atoms with Crippen LogP contribution >= 0.6 is 0 Å². The molecule has 0 unspecified atom stereocenters. The van der Waals surface area contributed by atoms with E-state index in [0.717, 1.165) is 30.7 Å². The predicted molar refractivity (Wildman–Crippen MR) is 65.4 cm³/mol. The van der Waals surface area contributed by atoms with Crippen LogP contribution in [0.4, 0.5) is 5.95 Å². The summed E-state index contributed by atoms with van der Waals surface area (Å²) in [4.78, 5) is 20.1. The zero-order valence-corrected chi connectivity index (χ0v) is 10.5. The Morgan fingerprint density at radius 3 is 3.26 bits per heavy atom. The number of aromatic nitrogens is 2. The highest BCUT2D eigenvalue weighted by atomic mass is 16.6. The Balaban J connectivity index is 1.47. The van der Waals surface area contributed by atoms with Crippen molar-refractivity contribution >= 4 is 11.9 Å². The molecule has 1 saturated carbocycles. The Bertz CT molecular complexity index is 534. The lowest BCUT2D eigenvalue weighted by Gasteiger charge is -2.38. The maximum Gasteiger partial charge on any atom is 0.306 e. The van der Waals surface area contributed by atoms with E-state index in [4.69, 9.17) is 9.47 Å². The first-order valence-electron chi connectivity index (χ1n) is 6.68. The summed E-state index contributed by atoms with van der Waals surface area (Å²) in [5.74, 6) is 0.863. The minimum absolute atomic E-state index is 0.0807. The molecule has 0 amide bonds. The minimum atomic E-state index is -0.0807. The molecule has 19 heavy (non-hydrogen) atoms. The van der Waals surface area contributed by atoms with Crippen molar-refractivity contribution in [1.29, 1.82) is 0 Å². The second-order valence-corrected chi connectivity index (χ2v) is 5.35. The van der Waals surface area contributed by atoms with Crippen molar-refractivity contribution in [2.75, 3.05) is 11.9 Å². The number of hydrogen-bond donors (Lipinski definition) is 1. The van der Waals surface area contributed by atoms with Gasteiger partial charge in [0.25, 0.3) is 0 Å². The molecule has 6 nitrogen and oxygen atoms in total. The second-order valence-electron chi connectivity index (χ2n) is 5.35. The monoisotopic (exact) mass is 261 g/mol. The highest BCUT2D eigenvalue weighted by molar-refractivity contribution is 5.73. The van der Waals surface area contributed by atoms with Gasteiger partial charge in [0.15, 0.2) is 0 Å². The van der Waals surface area contributed by atoms with E-state index in [1.165, 1.54) is 0 Å². The normalized spacial score (nSPS) is 32.0. The zero-order chi connectivity index (χ0) is 12.8. The number of hydrogen-bond acceptors (Lipinski definition) is 6. The maximum atomic E-state index is 11.2. The highest BCUT2D eigenvalue weighted by Gasteiger charge is 2.49. The summed E-state index contributed by atoms with van der Waals surface area (Å²) >= 11 is 0. The van der Waals surface area contributed by atoms with Crippen molar-refractivity contribution in [1.82, 2.24) is 9.97 Å². The highest BCUT2D eigenvalue weighted by Crippen LogP contribution is 2.40. The third kappa shape index (κ3) is 1.87. The van der Waals surface area contributed by atoms with Gasteiger partial charge in [-0.2, -0.15) is 0 Å². The quantitative estimate of drug-likeness (QED) is 0.789. The summed E-state index contributed by atoms with van der Waals surface area (Å²) in [6.07, 6.45) is 4.15. The lowest BCUT2D eigenvalue weighted by molar-refractivity contribution is -0.142. The molecule has 0 aromatic carbocycles. The first-order chi connectivity index (χ1) is 9.29. The number of fused-ring (bicyclic) bond motifs is 2. The summed E-state index contributed by atoms with van der Waals surface area (Å²) < 4.78 is 10.5. The molecule has 0 bridgehead atoms. The lowest BCUT2D eigenvalue weighted by Crippen LogP contribution is -2.47. The topological polar surface area (TPSA) is 73.3 Å². The van der Waals surface area contributed by atoms with Gasteiger partial charge in [-0.3, -0.25) is 4.79 Å². The molecule has 3 atom stereocenters. The van der Waals surface area contributed by atoms with Crippen LogP contribution in [0.15, 0.2) is 6.20 Å². The molecule has 3 aliphatic rings. The van der Waals surface area contributed by atoms with Crippen LogP contribution in [0.25, 0.3) is 0 Å². The first-order valence-corrected chi connectivity index (χ1v) is 6.68. The fourth-order valence-corrected chi connectivity index (χ4v) is 3.01.